The SMILES string of the molecule is OCC=Cc1ccc2[nH]cnc2c1. The van der Waals surface area contributed by atoms with Crippen LogP contribution >= 0.6 is 0 Å². The molecular formula is C10H10N2O. The third-order valence-corrected chi connectivity index (χ3v) is 1.86. The average Bonchev–Trinajstić information content (AvgIpc) is 2.61. The molecule has 0 aliphatic carbocycles. The van der Waals surface area contributed by atoms with E-state index in [1.807, 2.05) is 24.3 Å². The Morgan fingerprint density at radius 3 is 3.23 bits per heavy atom. The second-order valence-corrected chi connectivity index (χ2v) is 2.76. The molecule has 0 aliphatic rings. The molecule has 2 aromatic rings. The van der Waals surface area contributed by atoms with Gasteiger partial charge in [-0.15, -0.1) is 0 Å². The molecule has 0 saturated carbocycles. The number of fused-ring (bicyclic) bond motifs is 1. The summed E-state index contributed by atoms with van der Waals surface area (Å²) in [5.74, 6) is 0. The first kappa shape index (κ1) is 8.01. The first-order valence-corrected chi connectivity index (χ1v) is 4.10. The van der Waals surface area contributed by atoms with Crippen LogP contribution in [0.3, 0.4) is 0 Å². The zero-order valence-electron chi connectivity index (χ0n) is 7.07. The molecule has 0 unspecified atom stereocenters. The topological polar surface area (TPSA) is 48.9 Å². The fraction of sp³-hybridized carbons (Fsp3) is 0.100. The second-order valence-electron chi connectivity index (χ2n) is 2.76. The van der Waals surface area contributed by atoms with Crippen LogP contribution in [0.15, 0.2) is 30.6 Å². The van der Waals surface area contributed by atoms with Gasteiger partial charge >= 0.3 is 0 Å². The number of hydrogen-bond acceptors (Lipinski definition) is 2. The number of aromatic nitrogens is 2. The number of nitrogens with one attached hydrogen (secondary N) is 1. The molecule has 2 N–H and O–H groups in total. The summed E-state index contributed by atoms with van der Waals surface area (Å²) in [6, 6.07) is 5.92. The van der Waals surface area contributed by atoms with Crippen molar-refractivity contribution in [2.45, 2.75) is 0 Å². The van der Waals surface area contributed by atoms with Crippen LogP contribution in [0, 0.1) is 0 Å². The number of nitrogens with zero attached hydrogens (tertiary/aromatic N) is 1. The van der Waals surface area contributed by atoms with Gasteiger partial charge in [0.05, 0.1) is 24.0 Å². The molecule has 0 bridgehead atoms. The highest BCUT2D eigenvalue weighted by Crippen LogP contribution is 2.12. The highest BCUT2D eigenvalue weighted by atomic mass is 16.2. The number of imidazole rings is 1. The van der Waals surface area contributed by atoms with Crippen molar-refractivity contribution in [3.8, 4) is 0 Å². The molecule has 0 fully saturated rings. The molecule has 0 spiro atoms. The molecule has 1 heterocycles. The van der Waals surface area contributed by atoms with E-state index in [1.54, 1.807) is 12.4 Å². The van der Waals surface area contributed by atoms with E-state index in [-0.39, 0.29) is 6.61 Å². The molecule has 0 atom stereocenters. The highest BCUT2D eigenvalue weighted by molar-refractivity contribution is 5.77. The Labute approximate surface area is 75.7 Å². The monoisotopic (exact) mass is 174 g/mol. The maximum Gasteiger partial charge on any atom is 0.0931 e. The van der Waals surface area contributed by atoms with Crippen molar-refractivity contribution >= 4 is 17.1 Å². The number of rotatable bonds is 2. The maximum absolute atomic E-state index is 8.59. The predicted molar refractivity (Wildman–Crippen MR) is 52.2 cm³/mol. The van der Waals surface area contributed by atoms with Crippen LogP contribution in [0.5, 0.6) is 0 Å². The van der Waals surface area contributed by atoms with E-state index in [2.05, 4.69) is 9.97 Å². The molecule has 1 aromatic heterocycles. The van der Waals surface area contributed by atoms with Crippen molar-refractivity contribution in [1.82, 2.24) is 9.97 Å². The molecule has 1 aromatic carbocycles. The van der Waals surface area contributed by atoms with E-state index in [0.717, 1.165) is 16.6 Å². The third kappa shape index (κ3) is 1.60. The Morgan fingerprint density at radius 1 is 1.46 bits per heavy atom. The van der Waals surface area contributed by atoms with Gasteiger partial charge in [-0.2, -0.15) is 0 Å². The first-order valence-electron chi connectivity index (χ1n) is 4.10. The molecule has 3 heteroatoms. The Morgan fingerprint density at radius 2 is 2.38 bits per heavy atom. The van der Waals surface area contributed by atoms with E-state index in [9.17, 15) is 0 Å². The Kier molecular flexibility index (Phi) is 2.10. The Bertz CT molecular complexity index is 431. The Balaban J connectivity index is 2.42. The number of benzene rings is 1. The van der Waals surface area contributed by atoms with Crippen LogP contribution in [0.4, 0.5) is 0 Å². The minimum Gasteiger partial charge on any atom is -0.392 e. The minimum absolute atomic E-state index is 0.0681. The van der Waals surface area contributed by atoms with E-state index < -0.39 is 0 Å². The van der Waals surface area contributed by atoms with Gasteiger partial charge in [0.2, 0.25) is 0 Å². The zero-order chi connectivity index (χ0) is 9.10. The van der Waals surface area contributed by atoms with Gasteiger partial charge in [0.15, 0.2) is 0 Å². The summed E-state index contributed by atoms with van der Waals surface area (Å²) < 4.78 is 0. The fourth-order valence-corrected chi connectivity index (χ4v) is 1.24. The lowest BCUT2D eigenvalue weighted by molar-refractivity contribution is 0.343. The molecule has 0 aliphatic heterocycles. The number of aliphatic hydroxyl groups excluding tert-OH is 1. The average molecular weight is 174 g/mol. The highest BCUT2D eigenvalue weighted by Gasteiger charge is 1.94. The molecule has 2 rings (SSSR count). The standard InChI is InChI=1S/C10H10N2O/c13-5-1-2-8-3-4-9-10(6-8)12-7-11-9/h1-4,6-7,13H,5H2,(H,11,12). The third-order valence-electron chi connectivity index (χ3n) is 1.86. The van der Waals surface area contributed by atoms with Gasteiger partial charge in [0.1, 0.15) is 0 Å². The number of aromatic amines is 1. The summed E-state index contributed by atoms with van der Waals surface area (Å²) >= 11 is 0. The van der Waals surface area contributed by atoms with Crippen LogP contribution < -0.4 is 0 Å². The lowest BCUT2D eigenvalue weighted by atomic mass is 10.2. The van der Waals surface area contributed by atoms with E-state index in [0.29, 0.717) is 0 Å². The largest absolute Gasteiger partial charge is 0.392 e. The molecule has 13 heavy (non-hydrogen) atoms. The van der Waals surface area contributed by atoms with Crippen LogP contribution in [0.1, 0.15) is 5.56 Å². The van der Waals surface area contributed by atoms with Crippen LogP contribution in [0.2, 0.25) is 0 Å². The van der Waals surface area contributed by atoms with Gasteiger partial charge in [-0.25, -0.2) is 4.98 Å². The second kappa shape index (κ2) is 3.41. The van der Waals surface area contributed by atoms with Gasteiger partial charge in [-0.3, -0.25) is 0 Å². The Hall–Kier alpha value is -1.61. The lowest BCUT2D eigenvalue weighted by Crippen LogP contribution is -1.75. The quantitative estimate of drug-likeness (QED) is 0.726. The number of aliphatic hydroxyl groups is 1. The molecule has 0 radical (unpaired) electrons. The van der Waals surface area contributed by atoms with Crippen molar-refractivity contribution < 1.29 is 5.11 Å². The number of hydrogen-bond donors (Lipinski definition) is 2. The van der Waals surface area contributed by atoms with Gasteiger partial charge in [-0.05, 0) is 17.7 Å². The van der Waals surface area contributed by atoms with Crippen molar-refractivity contribution in [3.05, 3.63) is 36.2 Å². The van der Waals surface area contributed by atoms with Gasteiger partial charge in [-0.1, -0.05) is 18.2 Å². The summed E-state index contributed by atoms with van der Waals surface area (Å²) in [5, 5.41) is 8.59. The van der Waals surface area contributed by atoms with Crippen molar-refractivity contribution in [3.63, 3.8) is 0 Å². The predicted octanol–water partition coefficient (Wildman–Crippen LogP) is 1.57. The first-order chi connectivity index (χ1) is 6.40. The molecule has 0 saturated heterocycles. The van der Waals surface area contributed by atoms with Gasteiger partial charge in [0.25, 0.3) is 0 Å². The zero-order valence-corrected chi connectivity index (χ0v) is 7.07. The molecule has 0 amide bonds. The van der Waals surface area contributed by atoms with Gasteiger partial charge < -0.3 is 10.1 Å². The molecular weight excluding hydrogens is 164 g/mol. The van der Waals surface area contributed by atoms with Crippen molar-refractivity contribution in [2.75, 3.05) is 6.61 Å². The molecule has 66 valence electrons. The summed E-state index contributed by atoms with van der Waals surface area (Å²) in [6.07, 6.45) is 5.24. The minimum atomic E-state index is 0.0681. The van der Waals surface area contributed by atoms with E-state index in [4.69, 9.17) is 5.11 Å². The normalized spacial score (nSPS) is 11.5. The van der Waals surface area contributed by atoms with Crippen LogP contribution in [-0.2, 0) is 0 Å². The maximum atomic E-state index is 8.59. The smallest absolute Gasteiger partial charge is 0.0931 e. The van der Waals surface area contributed by atoms with E-state index in [1.165, 1.54) is 0 Å². The van der Waals surface area contributed by atoms with E-state index >= 15 is 0 Å². The summed E-state index contributed by atoms with van der Waals surface area (Å²) in [7, 11) is 0. The summed E-state index contributed by atoms with van der Waals surface area (Å²) in [6.45, 7) is 0.0681. The van der Waals surface area contributed by atoms with Crippen LogP contribution in [-0.4, -0.2) is 21.7 Å². The summed E-state index contributed by atoms with van der Waals surface area (Å²) in [5.41, 5.74) is 3.02. The van der Waals surface area contributed by atoms with Gasteiger partial charge in [0, 0.05) is 0 Å². The fourth-order valence-electron chi connectivity index (χ4n) is 1.24. The summed E-state index contributed by atoms with van der Waals surface area (Å²) in [4.78, 5) is 7.15. The van der Waals surface area contributed by atoms with Crippen LogP contribution in [0.25, 0.3) is 17.1 Å². The molecule has 3 nitrogen and oxygen atoms in total. The lowest BCUT2D eigenvalue weighted by Gasteiger charge is -1.92. The van der Waals surface area contributed by atoms with Crippen molar-refractivity contribution in [2.24, 2.45) is 0 Å². The number of H-pyrrole nitrogens is 1. The van der Waals surface area contributed by atoms with Crippen molar-refractivity contribution in [1.29, 1.82) is 0 Å².